The molecule has 142 valence electrons. The highest BCUT2D eigenvalue weighted by Crippen LogP contribution is 2.18. The Morgan fingerprint density at radius 3 is 2.60 bits per heavy atom. The van der Waals surface area contributed by atoms with Crippen LogP contribution in [0.2, 0.25) is 0 Å². The third kappa shape index (κ3) is 9.20. The maximum Gasteiger partial charge on any atom is 0.407 e. The van der Waals surface area contributed by atoms with Crippen LogP contribution in [0, 0.1) is 5.82 Å². The minimum atomic E-state index is -3.70. The Hall–Kier alpha value is -1.94. The number of aromatic nitrogens is 1. The predicted molar refractivity (Wildman–Crippen MR) is 88.2 cm³/mol. The molecule has 0 bridgehead atoms. The topological polar surface area (TPSA) is 104 Å². The summed E-state index contributed by atoms with van der Waals surface area (Å²) in [7, 11) is -3.70. The van der Waals surface area contributed by atoms with Crippen molar-refractivity contribution in [1.82, 2.24) is 10.3 Å². The standard InChI is InChI=1S/C15H23FN2O6S/c1-10(18-14(19)24-15(2,3)4)8-22-13-11(6-12(16)7-17-13)9-23-25(5,20)21/h6-7,10H,8-9H2,1-5H3,(H,18,19)/t10-/m1/s1. The molecule has 8 nitrogen and oxygen atoms in total. The van der Waals surface area contributed by atoms with Crippen LogP contribution in [0.15, 0.2) is 12.3 Å². The number of alkyl carbamates (subject to hydrolysis) is 1. The molecule has 0 aromatic carbocycles. The lowest BCUT2D eigenvalue weighted by Crippen LogP contribution is -2.40. The lowest BCUT2D eigenvalue weighted by atomic mass is 10.2. The quantitative estimate of drug-likeness (QED) is 0.724. The van der Waals surface area contributed by atoms with Crippen LogP contribution in [0.25, 0.3) is 0 Å². The first-order valence-corrected chi connectivity index (χ1v) is 9.28. The van der Waals surface area contributed by atoms with Gasteiger partial charge in [0.1, 0.15) is 18.0 Å². The van der Waals surface area contributed by atoms with Gasteiger partial charge in [-0.3, -0.25) is 4.18 Å². The number of hydrogen-bond acceptors (Lipinski definition) is 7. The van der Waals surface area contributed by atoms with E-state index in [1.54, 1.807) is 27.7 Å². The molecule has 0 radical (unpaired) electrons. The number of hydrogen-bond donors (Lipinski definition) is 1. The third-order valence-electron chi connectivity index (χ3n) is 2.55. The Morgan fingerprint density at radius 1 is 1.40 bits per heavy atom. The monoisotopic (exact) mass is 378 g/mol. The first kappa shape index (κ1) is 21.1. The molecule has 1 atom stereocenters. The van der Waals surface area contributed by atoms with E-state index < -0.39 is 40.3 Å². The summed E-state index contributed by atoms with van der Waals surface area (Å²) in [5.41, 5.74) is -0.492. The maximum atomic E-state index is 13.3. The summed E-state index contributed by atoms with van der Waals surface area (Å²) < 4.78 is 50.6. The van der Waals surface area contributed by atoms with E-state index in [1.165, 1.54) is 0 Å². The summed E-state index contributed by atoms with van der Waals surface area (Å²) in [5.74, 6) is -0.637. The van der Waals surface area contributed by atoms with Crippen LogP contribution in [0.4, 0.5) is 9.18 Å². The molecule has 1 amide bonds. The van der Waals surface area contributed by atoms with E-state index in [2.05, 4.69) is 14.5 Å². The molecular weight excluding hydrogens is 355 g/mol. The highest BCUT2D eigenvalue weighted by atomic mass is 32.2. The molecule has 1 aromatic rings. The number of rotatable bonds is 7. The van der Waals surface area contributed by atoms with Crippen LogP contribution in [-0.2, 0) is 25.6 Å². The SMILES string of the molecule is C[C@H](COc1ncc(F)cc1COS(C)(=O)=O)NC(=O)OC(C)(C)C. The Kier molecular flexibility index (Phi) is 7.12. The van der Waals surface area contributed by atoms with Gasteiger partial charge in [-0.2, -0.15) is 8.42 Å². The Balaban J connectivity index is 2.65. The summed E-state index contributed by atoms with van der Waals surface area (Å²) in [6.45, 7) is 6.51. The van der Waals surface area contributed by atoms with Crippen molar-refractivity contribution in [2.24, 2.45) is 0 Å². The molecular formula is C15H23FN2O6S. The molecule has 1 rings (SSSR count). The van der Waals surface area contributed by atoms with Crippen LogP contribution >= 0.6 is 0 Å². The van der Waals surface area contributed by atoms with Gasteiger partial charge in [-0.25, -0.2) is 14.2 Å². The predicted octanol–water partition coefficient (Wildman–Crippen LogP) is 1.99. The number of ether oxygens (including phenoxy) is 2. The molecule has 10 heteroatoms. The van der Waals surface area contributed by atoms with Crippen molar-refractivity contribution >= 4 is 16.2 Å². The molecule has 0 fully saturated rings. The molecule has 1 N–H and O–H groups in total. The zero-order valence-corrected chi connectivity index (χ0v) is 15.6. The summed E-state index contributed by atoms with van der Waals surface area (Å²) in [6.07, 6.45) is 1.22. The van der Waals surface area contributed by atoms with Crippen molar-refractivity contribution in [3.05, 3.63) is 23.6 Å². The largest absolute Gasteiger partial charge is 0.475 e. The van der Waals surface area contributed by atoms with Gasteiger partial charge in [-0.15, -0.1) is 0 Å². The van der Waals surface area contributed by atoms with Gasteiger partial charge >= 0.3 is 6.09 Å². The van der Waals surface area contributed by atoms with E-state index in [-0.39, 0.29) is 18.1 Å². The van der Waals surface area contributed by atoms with Crippen molar-refractivity contribution < 1.29 is 31.3 Å². The van der Waals surface area contributed by atoms with Crippen molar-refractivity contribution in [1.29, 1.82) is 0 Å². The molecule has 25 heavy (non-hydrogen) atoms. The zero-order valence-electron chi connectivity index (χ0n) is 14.8. The summed E-state index contributed by atoms with van der Waals surface area (Å²) >= 11 is 0. The third-order valence-corrected chi connectivity index (χ3v) is 3.10. The van der Waals surface area contributed by atoms with Gasteiger partial charge in [-0.1, -0.05) is 0 Å². The fourth-order valence-electron chi connectivity index (χ4n) is 1.63. The number of halogens is 1. The van der Waals surface area contributed by atoms with Crippen molar-refractivity contribution in [3.8, 4) is 5.88 Å². The fraction of sp³-hybridized carbons (Fsp3) is 0.600. The second kappa shape index (κ2) is 8.43. The second-order valence-corrected chi connectivity index (χ2v) is 8.09. The molecule has 0 aliphatic heterocycles. The van der Waals surface area contributed by atoms with Gasteiger partial charge < -0.3 is 14.8 Å². The normalized spacial score (nSPS) is 13.2. The van der Waals surface area contributed by atoms with E-state index >= 15 is 0 Å². The van der Waals surface area contributed by atoms with Gasteiger partial charge in [0.2, 0.25) is 5.88 Å². The number of pyridine rings is 1. The Bertz CT molecular complexity index is 702. The lowest BCUT2D eigenvalue weighted by Gasteiger charge is -2.22. The minimum Gasteiger partial charge on any atom is -0.475 e. The summed E-state index contributed by atoms with van der Waals surface area (Å²) in [4.78, 5) is 15.4. The smallest absolute Gasteiger partial charge is 0.407 e. The van der Waals surface area contributed by atoms with Crippen LogP contribution in [0.3, 0.4) is 0 Å². The van der Waals surface area contributed by atoms with Crippen molar-refractivity contribution in [2.45, 2.75) is 45.9 Å². The van der Waals surface area contributed by atoms with Crippen molar-refractivity contribution in [2.75, 3.05) is 12.9 Å². The first-order chi connectivity index (χ1) is 11.4. The molecule has 0 aliphatic rings. The molecule has 0 unspecified atom stereocenters. The van der Waals surface area contributed by atoms with Crippen LogP contribution < -0.4 is 10.1 Å². The average molecular weight is 378 g/mol. The van der Waals surface area contributed by atoms with E-state index in [0.717, 1.165) is 18.5 Å². The van der Waals surface area contributed by atoms with Gasteiger partial charge in [0.15, 0.2) is 0 Å². The number of carbonyl (C=O) groups is 1. The fourth-order valence-corrected chi connectivity index (χ4v) is 1.97. The number of nitrogens with zero attached hydrogens (tertiary/aromatic N) is 1. The van der Waals surface area contributed by atoms with Gasteiger partial charge in [0.25, 0.3) is 10.1 Å². The maximum absolute atomic E-state index is 13.3. The Morgan fingerprint density at radius 2 is 2.04 bits per heavy atom. The minimum absolute atomic E-state index is 0.0166. The van der Waals surface area contributed by atoms with E-state index in [4.69, 9.17) is 9.47 Å². The van der Waals surface area contributed by atoms with E-state index in [0.29, 0.717) is 0 Å². The second-order valence-electron chi connectivity index (χ2n) is 6.44. The molecule has 1 heterocycles. The molecule has 0 saturated heterocycles. The van der Waals surface area contributed by atoms with E-state index in [1.807, 2.05) is 0 Å². The van der Waals surface area contributed by atoms with Crippen LogP contribution in [0.1, 0.15) is 33.3 Å². The van der Waals surface area contributed by atoms with Crippen LogP contribution in [0.5, 0.6) is 5.88 Å². The highest BCUT2D eigenvalue weighted by molar-refractivity contribution is 7.85. The summed E-state index contributed by atoms with van der Waals surface area (Å²) in [6, 6.07) is 0.643. The van der Waals surface area contributed by atoms with E-state index in [9.17, 15) is 17.6 Å². The molecule has 0 spiro atoms. The molecule has 0 saturated carbocycles. The molecule has 1 aromatic heterocycles. The van der Waals surface area contributed by atoms with Gasteiger partial charge in [0.05, 0.1) is 25.1 Å². The number of nitrogens with one attached hydrogen (secondary N) is 1. The number of amides is 1. The van der Waals surface area contributed by atoms with Crippen LogP contribution in [-0.4, -0.2) is 44.0 Å². The average Bonchev–Trinajstić information content (AvgIpc) is 2.41. The highest BCUT2D eigenvalue weighted by Gasteiger charge is 2.18. The first-order valence-electron chi connectivity index (χ1n) is 7.47. The Labute approximate surface area is 146 Å². The summed E-state index contributed by atoms with van der Waals surface area (Å²) in [5, 5.41) is 2.58. The van der Waals surface area contributed by atoms with Gasteiger partial charge in [-0.05, 0) is 33.8 Å². The zero-order chi connectivity index (χ0) is 19.3. The lowest BCUT2D eigenvalue weighted by molar-refractivity contribution is 0.0492. The van der Waals surface area contributed by atoms with Gasteiger partial charge in [0, 0.05) is 5.56 Å². The van der Waals surface area contributed by atoms with Crippen molar-refractivity contribution in [3.63, 3.8) is 0 Å². The number of carbonyl (C=O) groups excluding carboxylic acids is 1. The molecule has 0 aliphatic carbocycles.